The Morgan fingerprint density at radius 2 is 1.81 bits per heavy atom. The Bertz CT molecular complexity index is 292. The largest absolute Gasteiger partial charge is 0.394 e. The molecule has 0 saturated carbocycles. The van der Waals surface area contributed by atoms with Gasteiger partial charge < -0.3 is 10.4 Å². The van der Waals surface area contributed by atoms with Gasteiger partial charge in [0.05, 0.1) is 12.6 Å². The first-order chi connectivity index (χ1) is 7.67. The summed E-state index contributed by atoms with van der Waals surface area (Å²) in [5.41, 5.74) is 2.53. The van der Waals surface area contributed by atoms with Gasteiger partial charge in [0.25, 0.3) is 0 Å². The molecule has 0 bridgehead atoms. The molecule has 2 heteroatoms. The van der Waals surface area contributed by atoms with Gasteiger partial charge in [0.1, 0.15) is 0 Å². The molecular formula is C14H23NO. The molecule has 0 heterocycles. The molecular weight excluding hydrogens is 198 g/mol. The Hall–Kier alpha value is -0.860. The predicted octanol–water partition coefficient (Wildman–Crippen LogP) is 2.53. The van der Waals surface area contributed by atoms with Crippen LogP contribution in [0, 0.1) is 5.92 Å². The van der Waals surface area contributed by atoms with Crippen molar-refractivity contribution in [3.05, 3.63) is 35.4 Å². The molecule has 1 aromatic rings. The molecule has 1 atom stereocenters. The standard InChI is InChI=1S/C14H23NO/c1-4-15-14(10-16)13-7-5-12(6-8-13)9-11(2)3/h5-8,11,14-16H,4,9-10H2,1-3H3. The van der Waals surface area contributed by atoms with Crippen molar-refractivity contribution in [3.63, 3.8) is 0 Å². The topological polar surface area (TPSA) is 32.3 Å². The van der Waals surface area contributed by atoms with Gasteiger partial charge in [-0.3, -0.25) is 0 Å². The third kappa shape index (κ3) is 3.95. The molecule has 1 aromatic carbocycles. The Balaban J connectivity index is 2.69. The van der Waals surface area contributed by atoms with Crippen molar-refractivity contribution >= 4 is 0 Å². The zero-order valence-electron chi connectivity index (χ0n) is 10.5. The van der Waals surface area contributed by atoms with Crippen LogP contribution in [0.25, 0.3) is 0 Å². The summed E-state index contributed by atoms with van der Waals surface area (Å²) in [5, 5.41) is 12.5. The van der Waals surface area contributed by atoms with Crippen LogP contribution in [0.3, 0.4) is 0 Å². The van der Waals surface area contributed by atoms with E-state index in [4.69, 9.17) is 0 Å². The van der Waals surface area contributed by atoms with E-state index < -0.39 is 0 Å². The molecule has 0 saturated heterocycles. The molecule has 16 heavy (non-hydrogen) atoms. The highest BCUT2D eigenvalue weighted by molar-refractivity contribution is 5.25. The summed E-state index contributed by atoms with van der Waals surface area (Å²) in [6.07, 6.45) is 1.12. The van der Waals surface area contributed by atoms with Gasteiger partial charge in [0.2, 0.25) is 0 Å². The lowest BCUT2D eigenvalue weighted by Gasteiger charge is -2.16. The lowest BCUT2D eigenvalue weighted by molar-refractivity contribution is 0.246. The van der Waals surface area contributed by atoms with Crippen molar-refractivity contribution in [1.82, 2.24) is 5.32 Å². The minimum atomic E-state index is 0.0677. The normalized spacial score (nSPS) is 13.1. The van der Waals surface area contributed by atoms with Crippen LogP contribution in [0.4, 0.5) is 0 Å². The fraction of sp³-hybridized carbons (Fsp3) is 0.571. The van der Waals surface area contributed by atoms with E-state index in [-0.39, 0.29) is 12.6 Å². The van der Waals surface area contributed by atoms with Gasteiger partial charge in [-0.05, 0) is 30.0 Å². The fourth-order valence-corrected chi connectivity index (χ4v) is 1.89. The van der Waals surface area contributed by atoms with Crippen LogP contribution in [-0.2, 0) is 6.42 Å². The van der Waals surface area contributed by atoms with E-state index in [9.17, 15) is 5.11 Å². The maximum absolute atomic E-state index is 9.26. The van der Waals surface area contributed by atoms with Crippen molar-refractivity contribution in [3.8, 4) is 0 Å². The molecule has 90 valence electrons. The van der Waals surface area contributed by atoms with E-state index in [0.29, 0.717) is 5.92 Å². The zero-order valence-corrected chi connectivity index (χ0v) is 10.5. The number of hydrogen-bond donors (Lipinski definition) is 2. The number of nitrogens with one attached hydrogen (secondary N) is 1. The van der Waals surface area contributed by atoms with Gasteiger partial charge in [0, 0.05) is 0 Å². The van der Waals surface area contributed by atoms with E-state index in [1.54, 1.807) is 0 Å². The highest BCUT2D eigenvalue weighted by Gasteiger charge is 2.08. The number of aliphatic hydroxyl groups is 1. The quantitative estimate of drug-likeness (QED) is 0.773. The average molecular weight is 221 g/mol. The molecule has 0 aliphatic heterocycles. The van der Waals surface area contributed by atoms with Gasteiger partial charge in [-0.15, -0.1) is 0 Å². The maximum atomic E-state index is 9.26. The SMILES string of the molecule is CCNC(CO)c1ccc(CC(C)C)cc1. The lowest BCUT2D eigenvalue weighted by atomic mass is 9.99. The Labute approximate surface area is 98.7 Å². The molecule has 1 unspecified atom stereocenters. The van der Waals surface area contributed by atoms with Crippen molar-refractivity contribution in [2.75, 3.05) is 13.2 Å². The second kappa shape index (κ2) is 6.66. The number of benzene rings is 1. The monoisotopic (exact) mass is 221 g/mol. The number of likely N-dealkylation sites (N-methyl/N-ethyl adjacent to an activating group) is 1. The first-order valence-corrected chi connectivity index (χ1v) is 6.10. The van der Waals surface area contributed by atoms with Gasteiger partial charge in [-0.2, -0.15) is 0 Å². The summed E-state index contributed by atoms with van der Waals surface area (Å²) in [7, 11) is 0. The number of aliphatic hydroxyl groups excluding tert-OH is 1. The highest BCUT2D eigenvalue weighted by atomic mass is 16.3. The minimum Gasteiger partial charge on any atom is -0.394 e. The number of rotatable bonds is 6. The zero-order chi connectivity index (χ0) is 12.0. The Morgan fingerprint density at radius 1 is 1.19 bits per heavy atom. The van der Waals surface area contributed by atoms with Crippen LogP contribution in [-0.4, -0.2) is 18.3 Å². The van der Waals surface area contributed by atoms with Crippen molar-refractivity contribution in [2.24, 2.45) is 5.92 Å². The first-order valence-electron chi connectivity index (χ1n) is 6.10. The van der Waals surface area contributed by atoms with Gasteiger partial charge in [-0.25, -0.2) is 0 Å². The maximum Gasteiger partial charge on any atom is 0.0626 e. The van der Waals surface area contributed by atoms with E-state index in [1.165, 1.54) is 5.56 Å². The molecule has 0 aliphatic carbocycles. The Morgan fingerprint density at radius 3 is 2.25 bits per heavy atom. The van der Waals surface area contributed by atoms with Crippen molar-refractivity contribution in [2.45, 2.75) is 33.2 Å². The van der Waals surface area contributed by atoms with Gasteiger partial charge in [-0.1, -0.05) is 45.0 Å². The van der Waals surface area contributed by atoms with Crippen LogP contribution < -0.4 is 5.32 Å². The molecule has 2 nitrogen and oxygen atoms in total. The third-order valence-electron chi connectivity index (χ3n) is 2.66. The summed E-state index contributed by atoms with van der Waals surface area (Å²) in [5.74, 6) is 0.688. The van der Waals surface area contributed by atoms with E-state index in [2.05, 4.69) is 50.4 Å². The van der Waals surface area contributed by atoms with Gasteiger partial charge in [0.15, 0.2) is 0 Å². The van der Waals surface area contributed by atoms with E-state index in [1.807, 2.05) is 0 Å². The van der Waals surface area contributed by atoms with Crippen molar-refractivity contribution < 1.29 is 5.11 Å². The summed E-state index contributed by atoms with van der Waals surface area (Å²) >= 11 is 0. The smallest absolute Gasteiger partial charge is 0.0626 e. The van der Waals surface area contributed by atoms with Crippen LogP contribution in [0.2, 0.25) is 0 Å². The first kappa shape index (κ1) is 13.2. The fourth-order valence-electron chi connectivity index (χ4n) is 1.89. The lowest BCUT2D eigenvalue weighted by Crippen LogP contribution is -2.23. The second-order valence-corrected chi connectivity index (χ2v) is 4.63. The van der Waals surface area contributed by atoms with Crippen LogP contribution in [0.1, 0.15) is 37.9 Å². The van der Waals surface area contributed by atoms with Crippen LogP contribution in [0.5, 0.6) is 0 Å². The van der Waals surface area contributed by atoms with Gasteiger partial charge >= 0.3 is 0 Å². The van der Waals surface area contributed by atoms with E-state index in [0.717, 1.165) is 18.5 Å². The summed E-state index contributed by atoms with van der Waals surface area (Å²) < 4.78 is 0. The molecule has 0 amide bonds. The predicted molar refractivity (Wildman–Crippen MR) is 68.5 cm³/mol. The molecule has 0 aliphatic rings. The molecule has 2 N–H and O–H groups in total. The van der Waals surface area contributed by atoms with Crippen LogP contribution in [0.15, 0.2) is 24.3 Å². The second-order valence-electron chi connectivity index (χ2n) is 4.63. The number of hydrogen-bond acceptors (Lipinski definition) is 2. The third-order valence-corrected chi connectivity index (χ3v) is 2.66. The summed E-state index contributed by atoms with van der Waals surface area (Å²) in [6, 6.07) is 8.62. The van der Waals surface area contributed by atoms with Crippen LogP contribution >= 0.6 is 0 Å². The van der Waals surface area contributed by atoms with Crippen molar-refractivity contribution in [1.29, 1.82) is 0 Å². The summed E-state index contributed by atoms with van der Waals surface area (Å²) in [6.45, 7) is 7.53. The molecule has 0 spiro atoms. The highest BCUT2D eigenvalue weighted by Crippen LogP contribution is 2.15. The van der Waals surface area contributed by atoms with E-state index >= 15 is 0 Å². The molecule has 0 radical (unpaired) electrons. The summed E-state index contributed by atoms with van der Waals surface area (Å²) in [4.78, 5) is 0. The Kier molecular flexibility index (Phi) is 5.50. The minimum absolute atomic E-state index is 0.0677. The molecule has 1 rings (SSSR count). The molecule has 0 aromatic heterocycles. The average Bonchev–Trinajstić information content (AvgIpc) is 2.26. The molecule has 0 fully saturated rings.